The Morgan fingerprint density at radius 2 is 2.17 bits per heavy atom. The van der Waals surface area contributed by atoms with E-state index >= 15 is 0 Å². The minimum Gasteiger partial charge on any atom is -0.465 e. The minimum atomic E-state index is -0.110. The summed E-state index contributed by atoms with van der Waals surface area (Å²) in [7, 11) is 0. The van der Waals surface area contributed by atoms with Gasteiger partial charge in [0.1, 0.15) is 0 Å². The first-order valence-corrected chi connectivity index (χ1v) is 3.94. The van der Waals surface area contributed by atoms with Gasteiger partial charge in [0, 0.05) is 12.4 Å². The molecule has 2 heterocycles. The molecule has 12 heavy (non-hydrogen) atoms. The average Bonchev–Trinajstić information content (AvgIpc) is 2.53. The molecule has 62 valence electrons. The van der Waals surface area contributed by atoms with Crippen LogP contribution in [0.5, 0.6) is 0 Å². The molecule has 0 saturated carbocycles. The molecule has 1 aromatic heterocycles. The predicted molar refractivity (Wildman–Crippen MR) is 42.6 cm³/mol. The molecule has 1 fully saturated rings. The second kappa shape index (κ2) is 2.93. The van der Waals surface area contributed by atoms with Crippen molar-refractivity contribution >= 4 is 5.97 Å². The Hall–Kier alpha value is -1.38. The van der Waals surface area contributed by atoms with Crippen LogP contribution in [0.4, 0.5) is 0 Å². The largest absolute Gasteiger partial charge is 0.465 e. The summed E-state index contributed by atoms with van der Waals surface area (Å²) in [5.41, 5.74) is 1.01. The molecule has 1 atom stereocenters. The molecule has 1 aliphatic heterocycles. The van der Waals surface area contributed by atoms with Crippen molar-refractivity contribution in [3.63, 3.8) is 0 Å². The van der Waals surface area contributed by atoms with E-state index in [0.29, 0.717) is 6.61 Å². The lowest BCUT2D eigenvalue weighted by atomic mass is 9.99. The number of ether oxygens (including phenoxy) is 1. The van der Waals surface area contributed by atoms with E-state index in [1.54, 1.807) is 12.4 Å². The monoisotopic (exact) mass is 163 g/mol. The summed E-state index contributed by atoms with van der Waals surface area (Å²) in [4.78, 5) is 15.0. The molecule has 0 bridgehead atoms. The lowest BCUT2D eigenvalue weighted by Crippen LogP contribution is -2.05. The number of nitrogens with zero attached hydrogens (tertiary/aromatic N) is 1. The molecule has 0 unspecified atom stereocenters. The van der Waals surface area contributed by atoms with Crippen molar-refractivity contribution in [2.24, 2.45) is 0 Å². The van der Waals surface area contributed by atoms with E-state index < -0.39 is 0 Å². The Balaban J connectivity index is 2.25. The van der Waals surface area contributed by atoms with Crippen LogP contribution in [0.1, 0.15) is 17.9 Å². The van der Waals surface area contributed by atoms with E-state index in [-0.39, 0.29) is 11.9 Å². The smallest absolute Gasteiger partial charge is 0.313 e. The summed E-state index contributed by atoms with van der Waals surface area (Å²) in [6.07, 6.45) is 4.19. The second-order valence-corrected chi connectivity index (χ2v) is 2.79. The van der Waals surface area contributed by atoms with Crippen molar-refractivity contribution in [3.8, 4) is 0 Å². The second-order valence-electron chi connectivity index (χ2n) is 2.79. The fourth-order valence-corrected chi connectivity index (χ4v) is 1.39. The molecule has 1 saturated heterocycles. The van der Waals surface area contributed by atoms with Gasteiger partial charge in [0.15, 0.2) is 0 Å². The fourth-order valence-electron chi connectivity index (χ4n) is 1.39. The summed E-state index contributed by atoms with van der Waals surface area (Å²) < 4.78 is 4.86. The van der Waals surface area contributed by atoms with E-state index in [2.05, 4.69) is 4.98 Å². The van der Waals surface area contributed by atoms with Crippen LogP contribution >= 0.6 is 0 Å². The van der Waals surface area contributed by atoms with Crippen molar-refractivity contribution in [1.29, 1.82) is 0 Å². The van der Waals surface area contributed by atoms with Crippen LogP contribution < -0.4 is 0 Å². The topological polar surface area (TPSA) is 39.2 Å². The van der Waals surface area contributed by atoms with E-state index in [4.69, 9.17) is 4.74 Å². The number of pyridine rings is 1. The van der Waals surface area contributed by atoms with Crippen molar-refractivity contribution in [2.75, 3.05) is 6.61 Å². The lowest BCUT2D eigenvalue weighted by molar-refractivity contribution is -0.139. The molecular weight excluding hydrogens is 154 g/mol. The highest BCUT2D eigenvalue weighted by molar-refractivity contribution is 5.79. The minimum absolute atomic E-state index is 0.0620. The molecule has 0 amide bonds. The molecule has 2 rings (SSSR count). The molecule has 3 nitrogen and oxygen atoms in total. The zero-order valence-electron chi connectivity index (χ0n) is 6.56. The zero-order valence-corrected chi connectivity index (χ0v) is 6.56. The molecule has 0 spiro atoms. The van der Waals surface area contributed by atoms with Crippen molar-refractivity contribution < 1.29 is 9.53 Å². The lowest BCUT2D eigenvalue weighted by Gasteiger charge is -2.03. The predicted octanol–water partition coefficient (Wildman–Crippen LogP) is 1.11. The highest BCUT2D eigenvalue weighted by Crippen LogP contribution is 2.25. The summed E-state index contributed by atoms with van der Waals surface area (Å²) in [6.45, 7) is 0.547. The van der Waals surface area contributed by atoms with Gasteiger partial charge >= 0.3 is 5.97 Å². The van der Waals surface area contributed by atoms with Gasteiger partial charge in [-0.3, -0.25) is 9.78 Å². The Morgan fingerprint density at radius 3 is 2.75 bits per heavy atom. The van der Waals surface area contributed by atoms with Crippen LogP contribution in [0.2, 0.25) is 0 Å². The Kier molecular flexibility index (Phi) is 1.78. The van der Waals surface area contributed by atoms with E-state index in [1.807, 2.05) is 12.1 Å². The summed E-state index contributed by atoms with van der Waals surface area (Å²) in [5, 5.41) is 0. The number of carbonyl (C=O) groups excluding carboxylic acids is 1. The molecular formula is C9H9NO2. The van der Waals surface area contributed by atoms with Gasteiger partial charge in [-0.25, -0.2) is 0 Å². The zero-order chi connectivity index (χ0) is 8.39. The van der Waals surface area contributed by atoms with Crippen LogP contribution in [0.15, 0.2) is 24.5 Å². The number of esters is 1. The normalized spacial score (nSPS) is 22.3. The molecule has 0 aromatic carbocycles. The third-order valence-corrected chi connectivity index (χ3v) is 2.04. The quantitative estimate of drug-likeness (QED) is 0.582. The molecule has 1 aliphatic rings. The van der Waals surface area contributed by atoms with Gasteiger partial charge in [-0.05, 0) is 24.1 Å². The summed E-state index contributed by atoms with van der Waals surface area (Å²) in [5.74, 6) is -0.172. The van der Waals surface area contributed by atoms with Gasteiger partial charge in [-0.2, -0.15) is 0 Å². The number of hydrogen-bond acceptors (Lipinski definition) is 3. The standard InChI is InChI=1S/C9H9NO2/c11-9-8(3-6-12-9)7-1-4-10-5-2-7/h1-2,4-5,8H,3,6H2/t8-/m0/s1. The highest BCUT2D eigenvalue weighted by Gasteiger charge is 2.27. The Bertz CT molecular complexity index is 284. The third kappa shape index (κ3) is 1.18. The number of cyclic esters (lactones) is 1. The van der Waals surface area contributed by atoms with Crippen LogP contribution in [-0.4, -0.2) is 17.6 Å². The van der Waals surface area contributed by atoms with Crippen LogP contribution in [-0.2, 0) is 9.53 Å². The molecule has 0 aliphatic carbocycles. The van der Waals surface area contributed by atoms with Crippen LogP contribution in [0.3, 0.4) is 0 Å². The first kappa shape index (κ1) is 7.28. The van der Waals surface area contributed by atoms with E-state index in [1.165, 1.54) is 0 Å². The van der Waals surface area contributed by atoms with Gasteiger partial charge in [-0.15, -0.1) is 0 Å². The number of aromatic nitrogens is 1. The maximum absolute atomic E-state index is 11.1. The van der Waals surface area contributed by atoms with Crippen LogP contribution in [0, 0.1) is 0 Å². The first-order chi connectivity index (χ1) is 5.88. The Morgan fingerprint density at radius 1 is 1.42 bits per heavy atom. The van der Waals surface area contributed by atoms with Crippen molar-refractivity contribution in [2.45, 2.75) is 12.3 Å². The fraction of sp³-hybridized carbons (Fsp3) is 0.333. The van der Waals surface area contributed by atoms with Gasteiger partial charge in [0.05, 0.1) is 12.5 Å². The van der Waals surface area contributed by atoms with Gasteiger partial charge in [0.25, 0.3) is 0 Å². The van der Waals surface area contributed by atoms with Gasteiger partial charge in [0.2, 0.25) is 0 Å². The summed E-state index contributed by atoms with van der Waals surface area (Å²) >= 11 is 0. The van der Waals surface area contributed by atoms with Crippen LogP contribution in [0.25, 0.3) is 0 Å². The van der Waals surface area contributed by atoms with Gasteiger partial charge in [-0.1, -0.05) is 0 Å². The average molecular weight is 163 g/mol. The first-order valence-electron chi connectivity index (χ1n) is 3.94. The Labute approximate surface area is 70.4 Å². The van der Waals surface area contributed by atoms with Crippen molar-refractivity contribution in [3.05, 3.63) is 30.1 Å². The maximum Gasteiger partial charge on any atom is 0.313 e. The summed E-state index contributed by atoms with van der Waals surface area (Å²) in [6, 6.07) is 3.72. The van der Waals surface area contributed by atoms with E-state index in [0.717, 1.165) is 12.0 Å². The third-order valence-electron chi connectivity index (χ3n) is 2.04. The number of hydrogen-bond donors (Lipinski definition) is 0. The maximum atomic E-state index is 11.1. The molecule has 0 N–H and O–H groups in total. The highest BCUT2D eigenvalue weighted by atomic mass is 16.5. The number of carbonyl (C=O) groups is 1. The molecule has 3 heteroatoms. The number of rotatable bonds is 1. The molecule has 1 aromatic rings. The SMILES string of the molecule is O=C1OCC[C@H]1c1ccncc1. The molecule has 0 radical (unpaired) electrons. The van der Waals surface area contributed by atoms with E-state index in [9.17, 15) is 4.79 Å². The van der Waals surface area contributed by atoms with Gasteiger partial charge < -0.3 is 4.74 Å². The van der Waals surface area contributed by atoms with Crippen molar-refractivity contribution in [1.82, 2.24) is 4.98 Å².